The predicted octanol–water partition coefficient (Wildman–Crippen LogP) is -12.7. The molecule has 0 spiro atoms. The van der Waals surface area contributed by atoms with E-state index in [0.717, 1.165) is 42.8 Å². The lowest BCUT2D eigenvalue weighted by Gasteiger charge is -2.41. The van der Waals surface area contributed by atoms with Crippen LogP contribution in [-0.2, 0) is 128 Å². The molecule has 82 heteroatoms. The van der Waals surface area contributed by atoms with E-state index in [-0.39, 0.29) is 65.2 Å². The molecule has 8 aliphatic rings. The Morgan fingerprint density at radius 2 is 0.595 bits per heavy atom. The minimum Gasteiger partial charge on any atom is -0.756 e. The maximum atomic E-state index is 12.2. The Bertz CT molecular complexity index is 5600. The highest BCUT2D eigenvalue weighted by atomic mass is 32.1. The van der Waals surface area contributed by atoms with Crippen molar-refractivity contribution in [3.8, 4) is 0 Å². The minimum absolute atomic E-state index is 0. The summed E-state index contributed by atoms with van der Waals surface area (Å²) >= 11 is 15.5. The molecule has 4 aromatic heterocycles. The van der Waals surface area contributed by atoms with E-state index in [9.17, 15) is 206 Å². The Morgan fingerprint density at radius 1 is 0.345 bits per heavy atom. The fourth-order valence-corrected chi connectivity index (χ4v) is 23.4. The van der Waals surface area contributed by atoms with Gasteiger partial charge in [-0.3, -0.25) is 112 Å². The number of hydrogen-bond acceptors (Lipinski definition) is 62. The summed E-state index contributed by atoms with van der Waals surface area (Å²) in [5.41, 5.74) is -6.00. The number of aryl methyl sites for hydroxylation is 2. The van der Waals surface area contributed by atoms with Crippen LogP contribution in [0, 0.1) is 13.8 Å². The van der Waals surface area contributed by atoms with Gasteiger partial charge >= 0.3 is 54.0 Å². The van der Waals surface area contributed by atoms with E-state index in [1.807, 2.05) is 9.97 Å². The Balaban J connectivity index is 0.000000344. The molecule has 0 bridgehead atoms. The van der Waals surface area contributed by atoms with Crippen molar-refractivity contribution in [2.45, 2.75) is 263 Å². The number of aromatic amines is 4. The van der Waals surface area contributed by atoms with Crippen molar-refractivity contribution >= 4 is 113 Å². The largest absolute Gasteiger partial charge is 0.756 e. The minimum atomic E-state index is -5.79. The third kappa shape index (κ3) is 35.6. The molecule has 148 heavy (non-hydrogen) atoms. The zero-order chi connectivity index (χ0) is 108. The van der Waals surface area contributed by atoms with Crippen molar-refractivity contribution in [1.82, 2.24) is 38.2 Å². The quantitative estimate of drug-likeness (QED) is 0.0148. The summed E-state index contributed by atoms with van der Waals surface area (Å²) in [5.74, 6) is -0.427. The molecule has 70 nitrogen and oxygen atoms in total. The Labute approximate surface area is 852 Å². The van der Waals surface area contributed by atoms with Crippen LogP contribution in [0.2, 0.25) is 0 Å². The highest BCUT2D eigenvalue weighted by molar-refractivity contribution is 7.81. The van der Waals surface area contributed by atoms with Gasteiger partial charge in [0.15, 0.2) is 37.6 Å². The van der Waals surface area contributed by atoms with Crippen LogP contribution in [-0.4, -0.2) is 383 Å². The SMILES string of the molecule is C.C.C.C.Cc1cn([C@H]2C[C@@H](O)[C@@H](COP(=O)(O)OP(=O)([O-])O[C@H]3OC(CO)[C@@H](S)[C@H](O)C3O)O2)c(=O)[nH]c1=O.Cc1cn([C@H]2C[C@@H](O)[C@@H](COP(=O)(O)OP(=O)([O-])O[C@H]3OC(CS)[C@@H](O)[C@H](O)C3O)O2)c(=O)[nH]c1=O.O=c1ccn([C@@H]2O[C@H](COP(=O)(O)OP(=O)([O-])O[C@H]3OC(CO)[C@@H](S)[C@H](O)C3O)[C@H](O)C2O)c(=O)[nH]1.O=c1ccn([C@@H]2O[C@H](COP(=O)(O)OP(=O)([O-])O[C@H]3OC(CS)[C@@H](O)[C@H](O)C3O)[C@H](O)C2O)c(=O)[nH]1. The Hall–Kier alpha value is -3.88. The number of H-pyrrole nitrogens is 4. The normalized spacial score (nSPS) is 36.4. The number of thiol groups is 4. The molecule has 0 amide bonds. The van der Waals surface area contributed by atoms with Gasteiger partial charge < -0.3 is 169 Å². The molecular formula is C66H112N8O62P8S4-4. The monoisotopic (exact) mass is 2380 g/mol. The first-order valence-electron chi connectivity index (χ1n) is 40.5. The summed E-state index contributed by atoms with van der Waals surface area (Å²) < 4.78 is 193. The van der Waals surface area contributed by atoms with Crippen molar-refractivity contribution in [2.75, 3.05) is 51.1 Å². The average Bonchev–Trinajstić information content (AvgIpc) is 1.75. The third-order valence-corrected chi connectivity index (χ3v) is 33.3. The van der Waals surface area contributed by atoms with Crippen LogP contribution in [0.1, 0.15) is 78.6 Å². The molecular weight excluding hydrogens is 2270 g/mol. The summed E-state index contributed by atoms with van der Waals surface area (Å²) in [4.78, 5) is 189. The molecule has 26 N–H and O–H groups in total. The first-order chi connectivity index (χ1) is 66.6. The first-order valence-corrected chi connectivity index (χ1v) is 54.6. The number of rotatable bonds is 36. The zero-order valence-electron chi connectivity index (χ0n) is 72.5. The third-order valence-electron chi connectivity index (χ3n) is 21.0. The number of aliphatic hydroxyl groups excluding tert-OH is 18. The van der Waals surface area contributed by atoms with Crippen LogP contribution >= 0.6 is 113 Å². The maximum Gasteiger partial charge on any atom is 0.478 e. The summed E-state index contributed by atoms with van der Waals surface area (Å²) in [6.45, 7) is -2.39. The molecule has 0 aliphatic carbocycles. The van der Waals surface area contributed by atoms with Gasteiger partial charge in [-0.15, -0.1) is 0 Å². The number of ether oxygens (including phenoxy) is 8. The van der Waals surface area contributed by atoms with Gasteiger partial charge in [-0.1, -0.05) is 29.7 Å². The zero-order valence-corrected chi connectivity index (χ0v) is 83.2. The van der Waals surface area contributed by atoms with Gasteiger partial charge in [0, 0.05) is 72.4 Å². The van der Waals surface area contributed by atoms with Gasteiger partial charge in [0.2, 0.25) is 0 Å². The van der Waals surface area contributed by atoms with E-state index in [4.69, 9.17) is 37.9 Å². The van der Waals surface area contributed by atoms with Crippen LogP contribution in [0.5, 0.6) is 0 Å². The summed E-state index contributed by atoms with van der Waals surface area (Å²) in [6, 6.07) is 1.86. The lowest BCUT2D eigenvalue weighted by molar-refractivity contribution is -0.295. The Kier molecular flexibility index (Phi) is 50.5. The molecule has 42 atom stereocenters. The Morgan fingerprint density at radius 3 is 0.858 bits per heavy atom. The van der Waals surface area contributed by atoms with Crippen molar-refractivity contribution in [3.63, 3.8) is 0 Å². The number of phosphoric ester groups is 8. The molecule has 12 heterocycles. The number of phosphoric acid groups is 8. The molecule has 0 saturated carbocycles. The van der Waals surface area contributed by atoms with Gasteiger partial charge in [0.25, 0.3) is 53.5 Å². The summed E-state index contributed by atoms with van der Waals surface area (Å²) in [5, 5.41) is 175. The average molecular weight is 2390 g/mol. The topological polar surface area (TPSA) is 1080 Å². The van der Waals surface area contributed by atoms with Crippen LogP contribution < -0.4 is 64.6 Å². The predicted molar refractivity (Wildman–Crippen MR) is 487 cm³/mol. The molecule has 0 aromatic carbocycles. The second kappa shape index (κ2) is 55.5. The molecule has 8 aliphatic heterocycles. The van der Waals surface area contributed by atoms with Gasteiger partial charge in [0.1, 0.15) is 110 Å². The fraction of sp³-hybridized carbons (Fsp3) is 0.758. The highest BCUT2D eigenvalue weighted by Gasteiger charge is 2.54. The summed E-state index contributed by atoms with van der Waals surface area (Å²) in [6.07, 6.45) is -48.9. The summed E-state index contributed by atoms with van der Waals surface area (Å²) in [7, 11) is -44.9. The van der Waals surface area contributed by atoms with E-state index < -0.39 is 354 Å². The standard InChI is InChI=1S/2C16H26N2O15P2S.2C15H24N2O16P2S.4CH4/c1-6-3-18(16(24)17-14(6)23)10-2-7(20)9(30-10)5-29-34(25,26)33-35(27,28)32-15-12(22)11(21)13(36)8(4-19)31-15;1-6-3-18(16(24)17-14(6)23)10-2-7(19)8(30-10)4-29-34(25,26)33-35(27,28)32-15-13(22)12(21)11(20)9(5-36)31-15;18-3-5-12(36)9(21)11(23)14(31-5)32-35(27,28)33-34(25,26)29-4-6-8(20)10(22)13(30-6)17-2-1-7(19)16-15(17)24;18-7-1-2-17(15(24)16-7)13-11(22)8(19)5(30-13)3-29-34(25,26)33-35(27,28)32-14-12(23)10(21)9(20)6(4-36)31-14;;;;/h2*3,7-13,15,19-22,36H,2,4-5H2,1H3,(H,25,26)(H,27,28)(H,17,23,24);1-2,5-6,8-14,18,20-23,36H,3-4H2,(H,25,26)(H,27,28)(H,16,19,24);1-2,5-6,8-14,19-23,36H,3-4H2,(H,25,26)(H,27,28)(H,16,18,24);4*1H4/p-4/t7-,8?,9-,10-,11-,12?,13-,15-;7-,8-,9?,10-,11-,12+,13?,15-;5?,6-,8+,9-,10?,11?,12-,13-,14-;5-,6?,8+,9-,10+,11?,12?,13-,14-;;;;/m1111..../s1. The number of aromatic nitrogens is 8. The molecule has 4 aromatic rings. The second-order valence-corrected chi connectivity index (χ2v) is 45.1. The first kappa shape index (κ1) is 135. The number of hydrogen-bond donors (Lipinski definition) is 30. The van der Waals surface area contributed by atoms with Gasteiger partial charge in [-0.2, -0.15) is 50.5 Å². The van der Waals surface area contributed by atoms with Gasteiger partial charge in [-0.25, -0.2) is 54.7 Å². The van der Waals surface area contributed by atoms with Crippen LogP contribution in [0.25, 0.3) is 0 Å². The van der Waals surface area contributed by atoms with Crippen molar-refractivity contribution in [3.05, 3.63) is 131 Å². The maximum absolute atomic E-state index is 12.2. The highest BCUT2D eigenvalue weighted by Crippen LogP contribution is 2.63. The number of nitrogens with one attached hydrogen (secondary N) is 4. The van der Waals surface area contributed by atoms with Crippen molar-refractivity contribution in [1.29, 1.82) is 0 Å². The van der Waals surface area contributed by atoms with E-state index in [0.29, 0.717) is 0 Å². The van der Waals surface area contributed by atoms with Gasteiger partial charge in [-0.05, 0) is 13.8 Å². The number of aliphatic hydroxyl groups is 18. The van der Waals surface area contributed by atoms with E-state index in [2.05, 4.69) is 114 Å². The van der Waals surface area contributed by atoms with Crippen molar-refractivity contribution in [2.24, 2.45) is 0 Å². The lowest BCUT2D eigenvalue weighted by Crippen LogP contribution is -2.58. The van der Waals surface area contributed by atoms with Gasteiger partial charge in [0.05, 0.1) is 99.0 Å². The molecule has 8 saturated heterocycles. The molecule has 8 fully saturated rings. The van der Waals surface area contributed by atoms with Crippen LogP contribution in [0.15, 0.2) is 75.3 Å². The van der Waals surface area contributed by atoms with E-state index >= 15 is 0 Å². The van der Waals surface area contributed by atoms with E-state index in [1.54, 1.807) is 0 Å². The second-order valence-electron chi connectivity index (χ2n) is 31.3. The lowest BCUT2D eigenvalue weighted by atomic mass is 10.0. The van der Waals surface area contributed by atoms with Crippen LogP contribution in [0.4, 0.5) is 0 Å². The molecule has 12 rings (SSSR count). The molecule has 18 unspecified atom stereocenters. The fourth-order valence-electron chi connectivity index (χ4n) is 13.6. The molecule has 0 radical (unpaired) electrons. The van der Waals surface area contributed by atoms with Crippen LogP contribution in [0.3, 0.4) is 0 Å². The number of nitrogens with zero attached hydrogens (tertiary/aromatic N) is 4. The van der Waals surface area contributed by atoms with Crippen molar-refractivity contribution < 1.29 is 259 Å². The van der Waals surface area contributed by atoms with E-state index in [1.165, 1.54) is 26.2 Å². The molecule has 856 valence electrons. The smallest absolute Gasteiger partial charge is 0.478 e.